The van der Waals surface area contributed by atoms with Crippen LogP contribution < -0.4 is 10.1 Å². The first-order valence-electron chi connectivity index (χ1n) is 6.87. The van der Waals surface area contributed by atoms with Gasteiger partial charge in [-0.25, -0.2) is 0 Å². The van der Waals surface area contributed by atoms with Crippen LogP contribution in [0, 0.1) is 0 Å². The molecular weight excluding hydrogens is 250 g/mol. The average molecular weight is 268 g/mol. The molecule has 0 saturated carbocycles. The van der Waals surface area contributed by atoms with Crippen LogP contribution in [0.4, 0.5) is 0 Å². The van der Waals surface area contributed by atoms with E-state index in [4.69, 9.17) is 9.15 Å². The van der Waals surface area contributed by atoms with E-state index in [1.54, 1.807) is 6.26 Å². The first-order valence-corrected chi connectivity index (χ1v) is 6.87. The second kappa shape index (κ2) is 6.26. The summed E-state index contributed by atoms with van der Waals surface area (Å²) in [7, 11) is 0. The van der Waals surface area contributed by atoms with Crippen LogP contribution >= 0.6 is 0 Å². The summed E-state index contributed by atoms with van der Waals surface area (Å²) < 4.78 is 11.0. The fourth-order valence-corrected chi connectivity index (χ4v) is 2.19. The first-order chi connectivity index (χ1) is 9.92. The molecule has 2 N–H and O–H groups in total. The van der Waals surface area contributed by atoms with Gasteiger partial charge >= 0.3 is 0 Å². The Kier molecular flexibility index (Phi) is 3.99. The van der Waals surface area contributed by atoms with E-state index in [1.807, 2.05) is 30.3 Å². The number of fused-ring (bicyclic) bond motifs is 1. The van der Waals surface area contributed by atoms with E-state index in [-0.39, 0.29) is 0 Å². The molecule has 0 spiro atoms. The van der Waals surface area contributed by atoms with Crippen LogP contribution in [0.5, 0.6) is 5.75 Å². The maximum atomic E-state index is 5.77. The third-order valence-corrected chi connectivity index (χ3v) is 3.24. The lowest BCUT2D eigenvalue weighted by molar-refractivity contribution is -0.672. The Morgan fingerprint density at radius 2 is 1.85 bits per heavy atom. The number of hydrogen-bond acceptors (Lipinski definition) is 2. The van der Waals surface area contributed by atoms with E-state index < -0.39 is 0 Å². The summed E-state index contributed by atoms with van der Waals surface area (Å²) in [6, 6.07) is 18.4. The van der Waals surface area contributed by atoms with Crippen molar-refractivity contribution in [3.05, 3.63) is 66.6 Å². The molecule has 3 rings (SSSR count). The standard InChI is InChI=1S/C17H17NO2/c1-2-5-15-12-16(8-7-14(15)4-1)20-11-9-18-13-17-6-3-10-19-17/h1-8,10,12,18H,9,11,13H2/p+1. The fourth-order valence-electron chi connectivity index (χ4n) is 2.19. The highest BCUT2D eigenvalue weighted by Gasteiger charge is 2.00. The van der Waals surface area contributed by atoms with Crippen molar-refractivity contribution < 1.29 is 14.5 Å². The molecule has 0 saturated heterocycles. The van der Waals surface area contributed by atoms with Crippen molar-refractivity contribution in [2.75, 3.05) is 13.2 Å². The number of hydrogen-bond donors (Lipinski definition) is 1. The van der Waals surface area contributed by atoms with Crippen LogP contribution in [-0.4, -0.2) is 13.2 Å². The highest BCUT2D eigenvalue weighted by Crippen LogP contribution is 2.20. The second-order valence-corrected chi connectivity index (χ2v) is 4.72. The van der Waals surface area contributed by atoms with Gasteiger partial charge in [0.05, 0.1) is 6.26 Å². The summed E-state index contributed by atoms with van der Waals surface area (Å²) in [5.41, 5.74) is 0. The molecule has 0 bridgehead atoms. The van der Waals surface area contributed by atoms with Gasteiger partial charge < -0.3 is 14.5 Å². The number of ether oxygens (including phenoxy) is 1. The molecule has 0 radical (unpaired) electrons. The van der Waals surface area contributed by atoms with Gasteiger partial charge in [-0.2, -0.15) is 0 Å². The Bertz CT molecular complexity index is 662. The molecule has 3 aromatic rings. The molecule has 0 aliphatic rings. The molecule has 3 heteroatoms. The lowest BCUT2D eigenvalue weighted by Gasteiger charge is -2.06. The van der Waals surface area contributed by atoms with Crippen molar-refractivity contribution in [2.45, 2.75) is 6.54 Å². The van der Waals surface area contributed by atoms with Gasteiger partial charge in [0.2, 0.25) is 0 Å². The summed E-state index contributed by atoms with van der Waals surface area (Å²) in [5, 5.41) is 4.63. The van der Waals surface area contributed by atoms with Gasteiger partial charge in [-0.15, -0.1) is 0 Å². The van der Waals surface area contributed by atoms with Crippen LogP contribution in [0.15, 0.2) is 65.3 Å². The highest BCUT2D eigenvalue weighted by atomic mass is 16.5. The van der Waals surface area contributed by atoms with Crippen molar-refractivity contribution in [2.24, 2.45) is 0 Å². The summed E-state index contributed by atoms with van der Waals surface area (Å²) >= 11 is 0. The van der Waals surface area contributed by atoms with Crippen LogP contribution in [0.1, 0.15) is 5.76 Å². The van der Waals surface area contributed by atoms with Crippen molar-refractivity contribution in [1.82, 2.24) is 0 Å². The third kappa shape index (κ3) is 3.19. The number of rotatable bonds is 6. The fraction of sp³-hybridized carbons (Fsp3) is 0.176. The number of benzene rings is 2. The molecule has 3 nitrogen and oxygen atoms in total. The van der Waals surface area contributed by atoms with Crippen molar-refractivity contribution >= 4 is 10.8 Å². The predicted octanol–water partition coefficient (Wildman–Crippen LogP) is 2.58. The number of furan rings is 1. The maximum Gasteiger partial charge on any atom is 0.157 e. The third-order valence-electron chi connectivity index (χ3n) is 3.24. The van der Waals surface area contributed by atoms with Gasteiger partial charge in [-0.3, -0.25) is 0 Å². The Morgan fingerprint density at radius 1 is 0.950 bits per heavy atom. The van der Waals surface area contributed by atoms with E-state index in [2.05, 4.69) is 29.6 Å². The minimum absolute atomic E-state index is 0.694. The van der Waals surface area contributed by atoms with Gasteiger partial charge in [0.25, 0.3) is 0 Å². The maximum absolute atomic E-state index is 5.77. The zero-order valence-corrected chi connectivity index (χ0v) is 11.3. The first kappa shape index (κ1) is 12.8. The van der Waals surface area contributed by atoms with E-state index >= 15 is 0 Å². The smallest absolute Gasteiger partial charge is 0.157 e. The number of quaternary nitrogens is 1. The normalized spacial score (nSPS) is 10.8. The largest absolute Gasteiger partial charge is 0.488 e. The van der Waals surface area contributed by atoms with Gasteiger partial charge in [0, 0.05) is 0 Å². The van der Waals surface area contributed by atoms with E-state index in [1.165, 1.54) is 10.8 Å². The quantitative estimate of drug-likeness (QED) is 0.698. The molecule has 0 unspecified atom stereocenters. The molecule has 0 aliphatic heterocycles. The molecular formula is C17H18NO2+. The number of nitrogens with two attached hydrogens (primary N) is 1. The highest BCUT2D eigenvalue weighted by molar-refractivity contribution is 5.83. The Hall–Kier alpha value is -2.26. The topological polar surface area (TPSA) is 39.0 Å². The van der Waals surface area contributed by atoms with Crippen molar-refractivity contribution in [3.8, 4) is 5.75 Å². The average Bonchev–Trinajstić information content (AvgIpc) is 3.00. The van der Waals surface area contributed by atoms with Gasteiger partial charge in [-0.1, -0.05) is 30.3 Å². The lowest BCUT2D eigenvalue weighted by Crippen LogP contribution is -2.83. The monoisotopic (exact) mass is 268 g/mol. The summed E-state index contributed by atoms with van der Waals surface area (Å²) in [4.78, 5) is 0. The molecule has 1 heterocycles. The Morgan fingerprint density at radius 3 is 2.70 bits per heavy atom. The molecule has 102 valence electrons. The summed E-state index contributed by atoms with van der Waals surface area (Å²) in [5.74, 6) is 1.92. The van der Waals surface area contributed by atoms with Crippen LogP contribution in [0.2, 0.25) is 0 Å². The molecule has 0 aliphatic carbocycles. The molecule has 0 amide bonds. The van der Waals surface area contributed by atoms with Crippen LogP contribution in [0.3, 0.4) is 0 Å². The zero-order chi connectivity index (χ0) is 13.6. The SMILES string of the molecule is c1coc(C[NH2+]CCOc2ccc3ccccc3c2)c1. The predicted molar refractivity (Wildman–Crippen MR) is 78.6 cm³/mol. The van der Waals surface area contributed by atoms with Crippen LogP contribution in [-0.2, 0) is 6.54 Å². The molecule has 20 heavy (non-hydrogen) atoms. The molecule has 0 fully saturated rings. The van der Waals surface area contributed by atoms with Gasteiger partial charge in [-0.05, 0) is 35.0 Å². The molecule has 2 aromatic carbocycles. The Labute approximate surface area is 118 Å². The van der Waals surface area contributed by atoms with E-state index in [9.17, 15) is 0 Å². The van der Waals surface area contributed by atoms with Crippen molar-refractivity contribution in [3.63, 3.8) is 0 Å². The van der Waals surface area contributed by atoms with Crippen molar-refractivity contribution in [1.29, 1.82) is 0 Å². The molecule has 0 atom stereocenters. The van der Waals surface area contributed by atoms with Gasteiger partial charge in [0.1, 0.15) is 25.4 Å². The molecule has 1 aromatic heterocycles. The minimum atomic E-state index is 0.694. The van der Waals surface area contributed by atoms with E-state index in [0.29, 0.717) is 6.61 Å². The van der Waals surface area contributed by atoms with Crippen LogP contribution in [0.25, 0.3) is 10.8 Å². The second-order valence-electron chi connectivity index (χ2n) is 4.72. The van der Waals surface area contributed by atoms with E-state index in [0.717, 1.165) is 24.6 Å². The summed E-state index contributed by atoms with van der Waals surface area (Å²) in [6.07, 6.45) is 1.70. The Balaban J connectivity index is 1.47. The minimum Gasteiger partial charge on any atom is -0.488 e. The lowest BCUT2D eigenvalue weighted by atomic mass is 10.1. The summed E-state index contributed by atoms with van der Waals surface area (Å²) in [6.45, 7) is 2.46. The van der Waals surface area contributed by atoms with Gasteiger partial charge in [0.15, 0.2) is 5.76 Å². The zero-order valence-electron chi connectivity index (χ0n) is 11.3.